The van der Waals surface area contributed by atoms with Crippen molar-refractivity contribution < 1.29 is 28.2 Å². The first kappa shape index (κ1) is 16.5. The minimum absolute atomic E-state index is 0.0133. The van der Waals surface area contributed by atoms with Gasteiger partial charge in [0.2, 0.25) is 0 Å². The van der Waals surface area contributed by atoms with Gasteiger partial charge in [-0.05, 0) is 48.0 Å². The van der Waals surface area contributed by atoms with Crippen molar-refractivity contribution in [1.82, 2.24) is 0 Å². The lowest BCUT2D eigenvalue weighted by molar-refractivity contribution is -0.0498. The molecule has 0 heterocycles. The van der Waals surface area contributed by atoms with Gasteiger partial charge >= 0.3 is 6.61 Å². The highest BCUT2D eigenvalue weighted by atomic mass is 19.3. The summed E-state index contributed by atoms with van der Waals surface area (Å²) in [5.74, 6) is -0.0109. The minimum atomic E-state index is -2.90. The Morgan fingerprint density at radius 3 is 2.43 bits per heavy atom. The van der Waals surface area contributed by atoms with Crippen molar-refractivity contribution in [2.75, 3.05) is 7.11 Å². The Balaban J connectivity index is 2.07. The molecule has 23 heavy (non-hydrogen) atoms. The number of hydrogen-bond acceptors (Lipinski definition) is 4. The lowest BCUT2D eigenvalue weighted by atomic mass is 10.1. The van der Waals surface area contributed by atoms with Gasteiger partial charge in [-0.1, -0.05) is 12.1 Å². The number of hydrogen-bond donors (Lipinski definition) is 1. The molecule has 2 aromatic rings. The number of halogens is 2. The molecule has 0 atom stereocenters. The zero-order chi connectivity index (χ0) is 16.8. The van der Waals surface area contributed by atoms with Gasteiger partial charge in [0.15, 0.2) is 17.3 Å². The molecule has 4 nitrogen and oxygen atoms in total. The van der Waals surface area contributed by atoms with Crippen molar-refractivity contribution in [3.05, 3.63) is 59.7 Å². The number of ether oxygens (including phenoxy) is 2. The van der Waals surface area contributed by atoms with Crippen LogP contribution in [0, 0.1) is 0 Å². The monoisotopic (exact) mass is 320 g/mol. The topological polar surface area (TPSA) is 55.8 Å². The fourth-order valence-electron chi connectivity index (χ4n) is 1.88. The number of carbonyl (C=O) groups excluding carboxylic acids is 1. The number of carbonyl (C=O) groups is 1. The maximum Gasteiger partial charge on any atom is 0.387 e. The fourth-order valence-corrected chi connectivity index (χ4v) is 1.88. The molecule has 0 bridgehead atoms. The summed E-state index contributed by atoms with van der Waals surface area (Å²) in [6, 6.07) is 10.1. The summed E-state index contributed by atoms with van der Waals surface area (Å²) in [5, 5.41) is 9.66. The number of allylic oxidation sites excluding steroid dienone is 1. The number of ketones is 1. The van der Waals surface area contributed by atoms with Crippen LogP contribution in [0.4, 0.5) is 8.78 Å². The van der Waals surface area contributed by atoms with E-state index in [1.807, 2.05) is 0 Å². The molecule has 0 fully saturated rings. The molecule has 0 amide bonds. The van der Waals surface area contributed by atoms with E-state index in [1.165, 1.54) is 49.6 Å². The van der Waals surface area contributed by atoms with Crippen LogP contribution < -0.4 is 9.47 Å². The third kappa shape index (κ3) is 4.54. The highest BCUT2D eigenvalue weighted by Crippen LogP contribution is 2.26. The van der Waals surface area contributed by atoms with Crippen molar-refractivity contribution >= 4 is 11.9 Å². The highest BCUT2D eigenvalue weighted by Gasteiger charge is 2.06. The van der Waals surface area contributed by atoms with E-state index in [4.69, 9.17) is 4.74 Å². The number of rotatable bonds is 6. The Bertz CT molecular complexity index is 709. The van der Waals surface area contributed by atoms with Gasteiger partial charge in [-0.25, -0.2) is 0 Å². The molecule has 0 spiro atoms. The largest absolute Gasteiger partial charge is 0.504 e. The molecule has 0 radical (unpaired) electrons. The minimum Gasteiger partial charge on any atom is -0.504 e. The van der Waals surface area contributed by atoms with Crippen LogP contribution >= 0.6 is 0 Å². The van der Waals surface area contributed by atoms with Crippen LogP contribution in [0.3, 0.4) is 0 Å². The maximum atomic E-state index is 12.0. The fraction of sp³-hybridized carbons (Fsp3) is 0.118. The molecule has 6 heteroatoms. The summed E-state index contributed by atoms with van der Waals surface area (Å²) in [6.45, 7) is -2.90. The van der Waals surface area contributed by atoms with Crippen LogP contribution in [0.5, 0.6) is 17.2 Å². The first-order valence-corrected chi connectivity index (χ1v) is 6.64. The van der Waals surface area contributed by atoms with Gasteiger partial charge in [0.05, 0.1) is 7.11 Å². The summed E-state index contributed by atoms with van der Waals surface area (Å²) in [6.07, 6.45) is 2.86. The Kier molecular flexibility index (Phi) is 5.30. The van der Waals surface area contributed by atoms with E-state index in [-0.39, 0.29) is 17.3 Å². The van der Waals surface area contributed by atoms with Crippen molar-refractivity contribution in [3.8, 4) is 17.2 Å². The first-order valence-electron chi connectivity index (χ1n) is 6.64. The average Bonchev–Trinajstić information content (AvgIpc) is 2.53. The molecular formula is C17H14F2O4. The standard InChI is InChI=1S/C17H14F2O4/c1-22-16-9-3-11(10-15(16)21)2-8-14(20)12-4-6-13(7-5-12)23-17(18)19/h2-10,17,21H,1H3. The van der Waals surface area contributed by atoms with Crippen molar-refractivity contribution in [3.63, 3.8) is 0 Å². The van der Waals surface area contributed by atoms with Crippen molar-refractivity contribution in [1.29, 1.82) is 0 Å². The second kappa shape index (κ2) is 7.40. The molecule has 0 aliphatic carbocycles. The van der Waals surface area contributed by atoms with Crippen LogP contribution in [0.1, 0.15) is 15.9 Å². The molecule has 1 N–H and O–H groups in total. The second-order valence-corrected chi connectivity index (χ2v) is 4.53. The number of alkyl halides is 2. The van der Waals surface area contributed by atoms with Gasteiger partial charge in [0.1, 0.15) is 5.75 Å². The van der Waals surface area contributed by atoms with E-state index in [0.717, 1.165) is 0 Å². The SMILES string of the molecule is COc1ccc(C=CC(=O)c2ccc(OC(F)F)cc2)cc1O. The Morgan fingerprint density at radius 1 is 1.17 bits per heavy atom. The van der Waals surface area contributed by atoms with E-state index in [9.17, 15) is 18.7 Å². The zero-order valence-electron chi connectivity index (χ0n) is 12.2. The van der Waals surface area contributed by atoms with Crippen LogP contribution in [0.15, 0.2) is 48.5 Å². The third-order valence-corrected chi connectivity index (χ3v) is 2.99. The van der Waals surface area contributed by atoms with Crippen LogP contribution in [-0.2, 0) is 0 Å². The third-order valence-electron chi connectivity index (χ3n) is 2.99. The van der Waals surface area contributed by atoms with E-state index >= 15 is 0 Å². The van der Waals surface area contributed by atoms with Crippen molar-refractivity contribution in [2.45, 2.75) is 6.61 Å². The zero-order valence-corrected chi connectivity index (χ0v) is 12.2. The van der Waals surface area contributed by atoms with E-state index in [0.29, 0.717) is 16.9 Å². The van der Waals surface area contributed by atoms with Crippen LogP contribution in [-0.4, -0.2) is 24.6 Å². The van der Waals surface area contributed by atoms with Gasteiger partial charge in [-0.15, -0.1) is 0 Å². The summed E-state index contributed by atoms with van der Waals surface area (Å²) < 4.78 is 33.2. The smallest absolute Gasteiger partial charge is 0.387 e. The van der Waals surface area contributed by atoms with Gasteiger partial charge in [0, 0.05) is 5.56 Å². The number of methoxy groups -OCH3 is 1. The van der Waals surface area contributed by atoms with E-state index in [2.05, 4.69) is 4.74 Å². The number of phenols is 1. The van der Waals surface area contributed by atoms with Crippen molar-refractivity contribution in [2.24, 2.45) is 0 Å². The molecule has 0 saturated heterocycles. The lowest BCUT2D eigenvalue weighted by Crippen LogP contribution is -2.02. The number of phenolic OH excluding ortho intramolecular Hbond substituents is 1. The highest BCUT2D eigenvalue weighted by molar-refractivity contribution is 6.06. The molecule has 0 unspecified atom stereocenters. The molecule has 2 rings (SSSR count). The summed E-state index contributed by atoms with van der Waals surface area (Å²) in [4.78, 5) is 12.0. The molecule has 120 valence electrons. The molecule has 0 aromatic heterocycles. The molecule has 0 saturated carbocycles. The van der Waals surface area contributed by atoms with Crippen LogP contribution in [0.2, 0.25) is 0 Å². The lowest BCUT2D eigenvalue weighted by Gasteiger charge is -2.04. The summed E-state index contributed by atoms with van der Waals surface area (Å²) in [7, 11) is 1.44. The number of benzene rings is 2. The maximum absolute atomic E-state index is 12.0. The van der Waals surface area contributed by atoms with Gasteiger partial charge < -0.3 is 14.6 Å². The number of aromatic hydroxyl groups is 1. The summed E-state index contributed by atoms with van der Waals surface area (Å²) >= 11 is 0. The molecular weight excluding hydrogens is 306 g/mol. The average molecular weight is 320 g/mol. The van der Waals surface area contributed by atoms with Gasteiger partial charge in [0.25, 0.3) is 0 Å². The summed E-state index contributed by atoms with van der Waals surface area (Å²) in [5.41, 5.74) is 0.954. The van der Waals surface area contributed by atoms with Gasteiger partial charge in [-0.3, -0.25) is 4.79 Å². The quantitative estimate of drug-likeness (QED) is 0.648. The van der Waals surface area contributed by atoms with E-state index in [1.54, 1.807) is 12.1 Å². The Hall–Kier alpha value is -2.89. The Morgan fingerprint density at radius 2 is 1.87 bits per heavy atom. The molecule has 0 aliphatic rings. The second-order valence-electron chi connectivity index (χ2n) is 4.53. The first-order chi connectivity index (χ1) is 11.0. The molecule has 2 aromatic carbocycles. The van der Waals surface area contributed by atoms with Gasteiger partial charge in [-0.2, -0.15) is 8.78 Å². The molecule has 0 aliphatic heterocycles. The Labute approximate surface area is 131 Å². The van der Waals surface area contributed by atoms with Crippen LogP contribution in [0.25, 0.3) is 6.08 Å². The predicted molar refractivity (Wildman–Crippen MR) is 81.1 cm³/mol. The normalized spacial score (nSPS) is 11.0. The predicted octanol–water partition coefficient (Wildman–Crippen LogP) is 3.90. The van der Waals surface area contributed by atoms with E-state index < -0.39 is 6.61 Å².